The fourth-order valence-corrected chi connectivity index (χ4v) is 13.7. The maximum Gasteiger partial charge on any atom is 0.309 e. The third-order valence-electron chi connectivity index (χ3n) is 16.6. The highest BCUT2D eigenvalue weighted by Crippen LogP contribution is 2.76. The van der Waals surface area contributed by atoms with E-state index in [4.69, 9.17) is 16.3 Å². The van der Waals surface area contributed by atoms with Gasteiger partial charge in [0, 0.05) is 42.8 Å². The summed E-state index contributed by atoms with van der Waals surface area (Å²) in [5.74, 6) is 0.987. The monoisotopic (exact) mass is 777 g/mol. The number of hydrogen-bond donors (Lipinski definition) is 1. The van der Waals surface area contributed by atoms with E-state index in [0.29, 0.717) is 54.0 Å². The summed E-state index contributed by atoms with van der Waals surface area (Å²) in [6, 6.07) is 7.73. The number of Topliss-reactive ketones (excluding diaryl/α,β-unsaturated/α-hetero) is 1. The van der Waals surface area contributed by atoms with E-state index in [-0.39, 0.29) is 51.9 Å². The van der Waals surface area contributed by atoms with E-state index >= 15 is 0 Å². The molecule has 4 saturated carbocycles. The van der Waals surface area contributed by atoms with Gasteiger partial charge in [-0.2, -0.15) is 0 Å². The number of aliphatic carboxylic acids is 1. The van der Waals surface area contributed by atoms with E-state index in [1.807, 2.05) is 29.2 Å². The van der Waals surface area contributed by atoms with Gasteiger partial charge in [0.15, 0.2) is 5.78 Å². The minimum Gasteiger partial charge on any atom is -0.481 e. The van der Waals surface area contributed by atoms with E-state index in [2.05, 4.69) is 48.5 Å². The van der Waals surface area contributed by atoms with Gasteiger partial charge in [0.2, 0.25) is 5.91 Å². The fraction of sp³-hybridized carbons (Fsp3) is 0.745. The van der Waals surface area contributed by atoms with Gasteiger partial charge in [-0.15, -0.1) is 0 Å². The molecule has 55 heavy (non-hydrogen) atoms. The zero-order chi connectivity index (χ0) is 40.5. The van der Waals surface area contributed by atoms with Gasteiger partial charge in [-0.05, 0) is 141 Å². The Morgan fingerprint density at radius 2 is 1.62 bits per heavy atom. The molecular formula is C47H68ClNO6. The van der Waals surface area contributed by atoms with Gasteiger partial charge in [-0.1, -0.05) is 77.8 Å². The number of amides is 1. The molecule has 0 bridgehead atoms. The van der Waals surface area contributed by atoms with Crippen molar-refractivity contribution in [1.29, 1.82) is 0 Å². The van der Waals surface area contributed by atoms with Crippen LogP contribution in [0.1, 0.15) is 145 Å². The summed E-state index contributed by atoms with van der Waals surface area (Å²) in [4.78, 5) is 54.2. The van der Waals surface area contributed by atoms with Crippen molar-refractivity contribution in [1.82, 2.24) is 4.90 Å². The third kappa shape index (κ3) is 7.13. The molecule has 0 saturated heterocycles. The highest BCUT2D eigenvalue weighted by Gasteiger charge is 2.69. The molecule has 8 heteroatoms. The zero-order valence-corrected chi connectivity index (χ0v) is 36.1. The maximum atomic E-state index is 14.2. The number of benzene rings is 1. The Bertz CT molecular complexity index is 1710. The number of carbonyl (C=O) groups excluding carboxylic acids is 3. The summed E-state index contributed by atoms with van der Waals surface area (Å²) in [6.45, 7) is 22.6. The van der Waals surface area contributed by atoms with Crippen molar-refractivity contribution in [3.63, 3.8) is 0 Å². The molecule has 5 aliphatic rings. The van der Waals surface area contributed by atoms with Crippen molar-refractivity contribution in [2.75, 3.05) is 6.54 Å². The SMILES string of the molecule is CC(=O)N(CC[C@@]12CC[C@]3(C)C(CC[C@@H]4[C@@]5(C)CC[C@H](OC(=O)CC(C)(C)C(=O)O)C(C(C)C)[C@@H]5CC[C@]43C)C1=C(C(C)C)C(=O)C2)Cc1ccc(Cl)cc1. The molecule has 0 aliphatic heterocycles. The predicted octanol–water partition coefficient (Wildman–Crippen LogP) is 10.7. The topological polar surface area (TPSA) is 101 Å². The number of carboxylic acid groups (broad SMARTS) is 1. The lowest BCUT2D eigenvalue weighted by Gasteiger charge is -2.71. The first-order chi connectivity index (χ1) is 25.6. The summed E-state index contributed by atoms with van der Waals surface area (Å²) in [6.07, 6.45) is 9.33. The summed E-state index contributed by atoms with van der Waals surface area (Å²) in [5.41, 5.74) is 2.43. The predicted molar refractivity (Wildman–Crippen MR) is 217 cm³/mol. The minimum atomic E-state index is -1.16. The number of nitrogens with zero attached hydrogens (tertiary/aromatic N) is 1. The Labute approximate surface area is 335 Å². The second-order valence-corrected chi connectivity index (χ2v) is 21.0. The van der Waals surface area contributed by atoms with Crippen LogP contribution in [0.4, 0.5) is 0 Å². The second kappa shape index (κ2) is 14.9. The second-order valence-electron chi connectivity index (χ2n) is 20.6. The molecule has 2 unspecified atom stereocenters. The normalized spacial score (nSPS) is 35.9. The van der Waals surface area contributed by atoms with Crippen LogP contribution in [0.25, 0.3) is 0 Å². The number of ether oxygens (including phenoxy) is 1. The van der Waals surface area contributed by atoms with Crippen LogP contribution < -0.4 is 0 Å². The highest BCUT2D eigenvalue weighted by atomic mass is 35.5. The lowest BCUT2D eigenvalue weighted by atomic mass is 9.33. The maximum absolute atomic E-state index is 14.2. The van der Waals surface area contributed by atoms with Gasteiger partial charge in [-0.3, -0.25) is 19.2 Å². The summed E-state index contributed by atoms with van der Waals surface area (Å²) in [7, 11) is 0. The number of allylic oxidation sites excluding steroid dienone is 2. The quantitative estimate of drug-likeness (QED) is 0.225. The van der Waals surface area contributed by atoms with E-state index in [1.165, 1.54) is 5.57 Å². The van der Waals surface area contributed by atoms with E-state index in [0.717, 1.165) is 68.9 Å². The minimum absolute atomic E-state index is 0.0378. The summed E-state index contributed by atoms with van der Waals surface area (Å²) in [5, 5.41) is 10.3. The number of ketones is 1. The van der Waals surface area contributed by atoms with Crippen molar-refractivity contribution < 1.29 is 29.0 Å². The molecule has 0 radical (unpaired) electrons. The van der Waals surface area contributed by atoms with Crippen molar-refractivity contribution in [2.24, 2.45) is 62.6 Å². The van der Waals surface area contributed by atoms with Crippen LogP contribution in [0.15, 0.2) is 35.4 Å². The average Bonchev–Trinajstić information content (AvgIpc) is 3.39. The number of rotatable bonds is 11. The fourth-order valence-electron chi connectivity index (χ4n) is 13.5. The van der Waals surface area contributed by atoms with Crippen molar-refractivity contribution in [3.05, 3.63) is 46.0 Å². The Balaban J connectivity index is 1.27. The molecule has 1 amide bonds. The lowest BCUT2D eigenvalue weighted by molar-refractivity contribution is -0.222. The standard InChI is InChI=1S/C47H68ClNO6/c1-28(2)39-33-17-20-46(10)37(44(33,8)19-18-36(39)55-38(52)26-43(6,7)42(53)54)16-15-34-41-40(29(3)4)35(51)25-47(41,22-21-45(34,46)9)23-24-49(30(5)50)27-31-11-13-32(48)14-12-31/h11-14,28-29,33-34,36-37,39H,15-27H2,1-10H3,(H,53,54)/t33-,34?,36-,37+,39?,44-,45+,46+,47+/m0/s1. The van der Waals surface area contributed by atoms with Crippen LogP contribution in [0.3, 0.4) is 0 Å². The number of hydrogen-bond acceptors (Lipinski definition) is 5. The largest absolute Gasteiger partial charge is 0.481 e. The Hall–Kier alpha value is -2.67. The Morgan fingerprint density at radius 3 is 2.22 bits per heavy atom. The van der Waals surface area contributed by atoms with Gasteiger partial charge in [0.25, 0.3) is 0 Å². The molecule has 5 aliphatic carbocycles. The number of halogens is 1. The average molecular weight is 779 g/mol. The van der Waals surface area contributed by atoms with E-state index < -0.39 is 17.4 Å². The molecule has 4 fully saturated rings. The number of fused-ring (bicyclic) bond motifs is 7. The Morgan fingerprint density at radius 1 is 0.945 bits per heavy atom. The van der Waals surface area contributed by atoms with E-state index in [9.17, 15) is 24.3 Å². The first kappa shape index (κ1) is 41.9. The first-order valence-corrected chi connectivity index (χ1v) is 21.7. The Kier molecular flexibility index (Phi) is 11.4. The van der Waals surface area contributed by atoms with Crippen LogP contribution in [0, 0.1) is 62.6 Å². The van der Waals surface area contributed by atoms with Crippen LogP contribution in [-0.4, -0.2) is 46.3 Å². The van der Waals surface area contributed by atoms with Crippen molar-refractivity contribution in [3.8, 4) is 0 Å². The zero-order valence-electron chi connectivity index (χ0n) is 35.4. The molecule has 9 atom stereocenters. The van der Waals surface area contributed by atoms with Gasteiger partial charge in [0.05, 0.1) is 11.8 Å². The lowest BCUT2D eigenvalue weighted by Crippen LogP contribution is -2.64. The van der Waals surface area contributed by atoms with Crippen LogP contribution in [-0.2, 0) is 30.5 Å². The summed E-state index contributed by atoms with van der Waals surface area (Å²) >= 11 is 6.16. The van der Waals surface area contributed by atoms with Crippen LogP contribution in [0.2, 0.25) is 5.02 Å². The van der Waals surface area contributed by atoms with Gasteiger partial charge in [-0.25, -0.2) is 0 Å². The van der Waals surface area contributed by atoms with Gasteiger partial charge < -0.3 is 14.7 Å². The van der Waals surface area contributed by atoms with Crippen LogP contribution in [0.5, 0.6) is 0 Å². The number of esters is 1. The number of carbonyl (C=O) groups is 4. The highest BCUT2D eigenvalue weighted by molar-refractivity contribution is 6.30. The van der Waals surface area contributed by atoms with E-state index in [1.54, 1.807) is 20.8 Å². The number of carboxylic acids is 1. The van der Waals surface area contributed by atoms with Crippen LogP contribution >= 0.6 is 11.6 Å². The molecular weight excluding hydrogens is 710 g/mol. The van der Waals surface area contributed by atoms with Crippen molar-refractivity contribution in [2.45, 2.75) is 153 Å². The molecule has 0 aromatic heterocycles. The summed E-state index contributed by atoms with van der Waals surface area (Å²) < 4.78 is 6.24. The van der Waals surface area contributed by atoms with Crippen molar-refractivity contribution >= 4 is 35.2 Å². The first-order valence-electron chi connectivity index (χ1n) is 21.3. The molecule has 0 spiro atoms. The molecule has 1 aromatic rings. The van der Waals surface area contributed by atoms with Gasteiger partial charge >= 0.3 is 11.9 Å². The molecule has 304 valence electrons. The molecule has 7 nitrogen and oxygen atoms in total. The molecule has 1 aromatic carbocycles. The third-order valence-corrected chi connectivity index (χ3v) is 16.8. The molecule has 0 heterocycles. The molecule has 6 rings (SSSR count). The smallest absolute Gasteiger partial charge is 0.309 e. The van der Waals surface area contributed by atoms with Gasteiger partial charge in [0.1, 0.15) is 6.10 Å². The molecule has 1 N–H and O–H groups in total.